The Hall–Kier alpha value is -2.87. The molecular weight excluding hydrogens is 352 g/mol. The number of rotatable bonds is 8. The fourth-order valence-corrected chi connectivity index (χ4v) is 3.03. The second-order valence-electron chi connectivity index (χ2n) is 7.41. The van der Waals surface area contributed by atoms with Crippen molar-refractivity contribution in [3.8, 4) is 11.8 Å². The van der Waals surface area contributed by atoms with E-state index in [-0.39, 0.29) is 23.9 Å². The number of amides is 2. The van der Waals surface area contributed by atoms with E-state index in [4.69, 9.17) is 4.74 Å². The summed E-state index contributed by atoms with van der Waals surface area (Å²) >= 11 is 0. The zero-order valence-electron chi connectivity index (χ0n) is 17.1. The fraction of sp³-hybridized carbons (Fsp3) is 0.435. The highest BCUT2D eigenvalue weighted by atomic mass is 16.5. The molecule has 1 aliphatic heterocycles. The number of benzene rings is 1. The molecule has 28 heavy (non-hydrogen) atoms. The average Bonchev–Trinajstić information content (AvgIpc) is 2.67. The van der Waals surface area contributed by atoms with Crippen molar-refractivity contribution < 1.29 is 14.3 Å². The van der Waals surface area contributed by atoms with Gasteiger partial charge in [-0.15, -0.1) is 0 Å². The molecule has 1 aromatic rings. The third-order valence-corrected chi connectivity index (χ3v) is 4.58. The maximum absolute atomic E-state index is 12.9. The molecular formula is C23H28N2O3. The smallest absolute Gasteiger partial charge is 0.271 e. The van der Waals surface area contributed by atoms with Crippen LogP contribution in [0.2, 0.25) is 0 Å². The van der Waals surface area contributed by atoms with Crippen LogP contribution in [-0.4, -0.2) is 29.9 Å². The Bertz CT molecular complexity index is 826. The van der Waals surface area contributed by atoms with Crippen LogP contribution in [0.25, 0.3) is 6.08 Å². The molecule has 0 atom stereocenters. The average molecular weight is 380 g/mol. The highest BCUT2D eigenvalue weighted by Crippen LogP contribution is 2.28. The van der Waals surface area contributed by atoms with Crippen molar-refractivity contribution in [3.63, 3.8) is 0 Å². The predicted octanol–water partition coefficient (Wildman–Crippen LogP) is 4.50. The van der Waals surface area contributed by atoms with Gasteiger partial charge in [0.2, 0.25) is 0 Å². The Morgan fingerprint density at radius 1 is 1.14 bits per heavy atom. The van der Waals surface area contributed by atoms with Crippen molar-refractivity contribution in [2.24, 2.45) is 5.92 Å². The zero-order chi connectivity index (χ0) is 20.7. The van der Waals surface area contributed by atoms with Gasteiger partial charge in [-0.25, -0.2) is 0 Å². The molecule has 1 aliphatic rings. The first-order valence-electron chi connectivity index (χ1n) is 9.81. The Morgan fingerprint density at radius 2 is 1.82 bits per heavy atom. The number of hydrogen-bond donors (Lipinski definition) is 0. The van der Waals surface area contributed by atoms with Gasteiger partial charge in [0.25, 0.3) is 11.8 Å². The molecule has 1 heterocycles. The number of nitriles is 1. The van der Waals surface area contributed by atoms with E-state index in [9.17, 15) is 14.9 Å². The highest BCUT2D eigenvalue weighted by molar-refractivity contribution is 6.19. The Morgan fingerprint density at radius 3 is 2.39 bits per heavy atom. The molecule has 1 aromatic carbocycles. The number of imide groups is 1. The standard InChI is InChI=1S/C23H28N2O3/c1-5-6-7-12-28-19-10-8-18(9-11-19)13-20-17(4)21(14-24)23(27)25(22(20)26)15-16(2)3/h8-11,13,16H,5-7,12,15H2,1-4H3/b20-13+. The molecule has 0 aliphatic carbocycles. The molecule has 0 radical (unpaired) electrons. The first-order chi connectivity index (χ1) is 13.4. The second kappa shape index (κ2) is 9.89. The summed E-state index contributed by atoms with van der Waals surface area (Å²) in [6, 6.07) is 9.44. The van der Waals surface area contributed by atoms with Crippen molar-refractivity contribution in [2.45, 2.75) is 47.0 Å². The van der Waals surface area contributed by atoms with Crippen LogP contribution in [0.15, 0.2) is 41.0 Å². The van der Waals surface area contributed by atoms with Gasteiger partial charge in [-0.05, 0) is 48.6 Å². The molecule has 5 nitrogen and oxygen atoms in total. The van der Waals surface area contributed by atoms with E-state index < -0.39 is 5.91 Å². The monoisotopic (exact) mass is 380 g/mol. The minimum Gasteiger partial charge on any atom is -0.494 e. The molecule has 0 bridgehead atoms. The number of nitrogens with zero attached hydrogens (tertiary/aromatic N) is 2. The minimum atomic E-state index is -0.508. The van der Waals surface area contributed by atoms with Crippen LogP contribution in [0, 0.1) is 17.2 Å². The normalized spacial score (nSPS) is 16.1. The molecule has 0 unspecified atom stereocenters. The summed E-state index contributed by atoms with van der Waals surface area (Å²) in [5.74, 6) is 0.0493. The predicted molar refractivity (Wildman–Crippen MR) is 109 cm³/mol. The van der Waals surface area contributed by atoms with Crippen LogP contribution < -0.4 is 4.74 Å². The van der Waals surface area contributed by atoms with E-state index in [1.807, 2.05) is 44.2 Å². The van der Waals surface area contributed by atoms with Crippen LogP contribution in [0.4, 0.5) is 0 Å². The third kappa shape index (κ3) is 5.10. The molecule has 2 rings (SSSR count). The number of ether oxygens (including phenoxy) is 1. The Kier molecular flexibility index (Phi) is 7.57. The SMILES string of the molecule is CCCCCOc1ccc(/C=C2/C(=O)N(CC(C)C)C(=O)C(C#N)=C2C)cc1. The van der Waals surface area contributed by atoms with Gasteiger partial charge in [0.1, 0.15) is 17.4 Å². The number of hydrogen-bond acceptors (Lipinski definition) is 4. The van der Waals surface area contributed by atoms with E-state index in [0.717, 1.165) is 30.6 Å². The molecule has 0 saturated carbocycles. The van der Waals surface area contributed by atoms with Crippen LogP contribution in [0.3, 0.4) is 0 Å². The van der Waals surface area contributed by atoms with Gasteiger partial charge in [0.05, 0.1) is 6.61 Å². The summed E-state index contributed by atoms with van der Waals surface area (Å²) in [4.78, 5) is 26.5. The Labute approximate surface area is 167 Å². The van der Waals surface area contributed by atoms with Crippen LogP contribution in [-0.2, 0) is 9.59 Å². The lowest BCUT2D eigenvalue weighted by molar-refractivity contribution is -0.141. The largest absolute Gasteiger partial charge is 0.494 e. The Balaban J connectivity index is 2.27. The van der Waals surface area contributed by atoms with E-state index in [2.05, 4.69) is 6.92 Å². The van der Waals surface area contributed by atoms with Crippen LogP contribution in [0.5, 0.6) is 5.75 Å². The number of carbonyl (C=O) groups excluding carboxylic acids is 2. The quantitative estimate of drug-likeness (QED) is 0.378. The van der Waals surface area contributed by atoms with Crippen molar-refractivity contribution >= 4 is 17.9 Å². The van der Waals surface area contributed by atoms with Crippen molar-refractivity contribution in [1.29, 1.82) is 5.26 Å². The summed E-state index contributed by atoms with van der Waals surface area (Å²) in [5, 5.41) is 9.40. The molecule has 0 aromatic heterocycles. The summed E-state index contributed by atoms with van der Waals surface area (Å²) in [5.41, 5.74) is 1.66. The van der Waals surface area contributed by atoms with Gasteiger partial charge >= 0.3 is 0 Å². The maximum atomic E-state index is 12.9. The van der Waals surface area contributed by atoms with Gasteiger partial charge in [-0.3, -0.25) is 14.5 Å². The van der Waals surface area contributed by atoms with Gasteiger partial charge in [-0.1, -0.05) is 45.7 Å². The second-order valence-corrected chi connectivity index (χ2v) is 7.41. The van der Waals surface area contributed by atoms with Crippen LogP contribution in [0.1, 0.15) is 52.5 Å². The first-order valence-corrected chi connectivity index (χ1v) is 9.81. The van der Waals surface area contributed by atoms with Crippen molar-refractivity contribution in [2.75, 3.05) is 13.2 Å². The van der Waals surface area contributed by atoms with Crippen molar-refractivity contribution in [1.82, 2.24) is 4.90 Å². The van der Waals surface area contributed by atoms with E-state index >= 15 is 0 Å². The van der Waals surface area contributed by atoms with E-state index in [0.29, 0.717) is 17.8 Å². The lowest BCUT2D eigenvalue weighted by Crippen LogP contribution is -2.44. The van der Waals surface area contributed by atoms with E-state index in [1.54, 1.807) is 13.0 Å². The lowest BCUT2D eigenvalue weighted by Gasteiger charge is -2.28. The summed E-state index contributed by atoms with van der Waals surface area (Å²) in [6.45, 7) is 8.64. The highest BCUT2D eigenvalue weighted by Gasteiger charge is 2.35. The number of carbonyl (C=O) groups is 2. The molecule has 0 spiro atoms. The van der Waals surface area contributed by atoms with Gasteiger partial charge in [0, 0.05) is 12.1 Å². The maximum Gasteiger partial charge on any atom is 0.271 e. The topological polar surface area (TPSA) is 70.4 Å². The molecule has 0 fully saturated rings. The lowest BCUT2D eigenvalue weighted by atomic mass is 9.93. The minimum absolute atomic E-state index is 0.0300. The molecule has 5 heteroatoms. The van der Waals surface area contributed by atoms with E-state index in [1.165, 1.54) is 4.90 Å². The number of unbranched alkanes of at least 4 members (excludes halogenated alkanes) is 2. The first kappa shape index (κ1) is 21.4. The van der Waals surface area contributed by atoms with Gasteiger partial charge < -0.3 is 4.74 Å². The van der Waals surface area contributed by atoms with Crippen molar-refractivity contribution in [3.05, 3.63) is 46.5 Å². The zero-order valence-corrected chi connectivity index (χ0v) is 17.1. The summed E-state index contributed by atoms with van der Waals surface area (Å²) in [6.07, 6.45) is 5.05. The van der Waals surface area contributed by atoms with Gasteiger partial charge in [0.15, 0.2) is 0 Å². The third-order valence-electron chi connectivity index (χ3n) is 4.58. The molecule has 0 saturated heterocycles. The van der Waals surface area contributed by atoms with Crippen LogP contribution >= 0.6 is 0 Å². The summed E-state index contributed by atoms with van der Waals surface area (Å²) < 4.78 is 5.71. The molecule has 148 valence electrons. The molecule has 0 N–H and O–H groups in total. The summed E-state index contributed by atoms with van der Waals surface area (Å²) in [7, 11) is 0. The fourth-order valence-electron chi connectivity index (χ4n) is 3.03. The van der Waals surface area contributed by atoms with Gasteiger partial charge in [-0.2, -0.15) is 5.26 Å². The molecule has 2 amide bonds.